The third kappa shape index (κ3) is 3.13. The van der Waals surface area contributed by atoms with Crippen LogP contribution in [0, 0.1) is 6.92 Å². The third-order valence-corrected chi connectivity index (χ3v) is 2.64. The quantitative estimate of drug-likeness (QED) is 0.874. The summed E-state index contributed by atoms with van der Waals surface area (Å²) in [5.74, 6) is 1.27. The van der Waals surface area contributed by atoms with Gasteiger partial charge in [-0.15, -0.1) is 0 Å². The molecular formula is C13H18N4O. The highest BCUT2D eigenvalue weighted by atomic mass is 16.5. The van der Waals surface area contributed by atoms with Crippen LogP contribution < -0.4 is 5.32 Å². The van der Waals surface area contributed by atoms with Crippen molar-refractivity contribution in [2.75, 3.05) is 6.54 Å². The number of rotatable bonds is 5. The molecule has 96 valence electrons. The Hall–Kier alpha value is -1.75. The topological polar surface area (TPSA) is 63.8 Å². The van der Waals surface area contributed by atoms with E-state index in [0.29, 0.717) is 17.8 Å². The summed E-state index contributed by atoms with van der Waals surface area (Å²) in [6.45, 7) is 7.06. The molecule has 1 N–H and O–H groups in total. The second-order valence-corrected chi connectivity index (χ2v) is 4.56. The van der Waals surface area contributed by atoms with Crippen molar-refractivity contribution < 1.29 is 4.52 Å². The Kier molecular flexibility index (Phi) is 4.04. The third-order valence-electron chi connectivity index (χ3n) is 2.64. The van der Waals surface area contributed by atoms with E-state index in [9.17, 15) is 0 Å². The molecule has 0 aliphatic rings. The summed E-state index contributed by atoms with van der Waals surface area (Å²) < 4.78 is 5.23. The van der Waals surface area contributed by atoms with Crippen LogP contribution in [-0.2, 0) is 6.42 Å². The molecule has 0 aliphatic carbocycles. The van der Waals surface area contributed by atoms with Gasteiger partial charge in [-0.3, -0.25) is 4.98 Å². The van der Waals surface area contributed by atoms with Crippen LogP contribution in [0.4, 0.5) is 0 Å². The molecule has 18 heavy (non-hydrogen) atoms. The van der Waals surface area contributed by atoms with Crippen molar-refractivity contribution in [2.45, 2.75) is 33.2 Å². The van der Waals surface area contributed by atoms with Gasteiger partial charge in [-0.2, -0.15) is 4.98 Å². The van der Waals surface area contributed by atoms with E-state index >= 15 is 0 Å². The molecule has 0 aromatic carbocycles. The zero-order valence-corrected chi connectivity index (χ0v) is 11.0. The van der Waals surface area contributed by atoms with Crippen LogP contribution >= 0.6 is 0 Å². The Balaban J connectivity index is 2.04. The Morgan fingerprint density at radius 2 is 2.22 bits per heavy atom. The molecule has 0 spiro atoms. The summed E-state index contributed by atoms with van der Waals surface area (Å²) in [5.41, 5.74) is 2.02. The van der Waals surface area contributed by atoms with Gasteiger partial charge in [0.05, 0.1) is 0 Å². The van der Waals surface area contributed by atoms with Gasteiger partial charge in [0.15, 0.2) is 0 Å². The van der Waals surface area contributed by atoms with Crippen LogP contribution in [-0.4, -0.2) is 27.7 Å². The predicted molar refractivity (Wildman–Crippen MR) is 69.1 cm³/mol. The molecule has 0 saturated carbocycles. The second kappa shape index (κ2) is 5.73. The molecule has 0 bridgehead atoms. The van der Waals surface area contributed by atoms with Crippen LogP contribution in [0.25, 0.3) is 11.4 Å². The maximum Gasteiger partial charge on any atom is 0.228 e. The van der Waals surface area contributed by atoms with Gasteiger partial charge in [-0.1, -0.05) is 19.0 Å². The van der Waals surface area contributed by atoms with Crippen molar-refractivity contribution in [1.82, 2.24) is 20.4 Å². The molecule has 2 aromatic rings. The highest BCUT2D eigenvalue weighted by Gasteiger charge is 2.10. The number of aryl methyl sites for hydroxylation is 1. The van der Waals surface area contributed by atoms with Crippen molar-refractivity contribution in [1.29, 1.82) is 0 Å². The number of hydrogen-bond acceptors (Lipinski definition) is 5. The highest BCUT2D eigenvalue weighted by Crippen LogP contribution is 2.18. The van der Waals surface area contributed by atoms with E-state index in [0.717, 1.165) is 24.1 Å². The Morgan fingerprint density at radius 1 is 1.39 bits per heavy atom. The minimum atomic E-state index is 0.466. The van der Waals surface area contributed by atoms with Crippen LogP contribution in [0.2, 0.25) is 0 Å². The van der Waals surface area contributed by atoms with Crippen LogP contribution in [0.5, 0.6) is 0 Å². The van der Waals surface area contributed by atoms with Gasteiger partial charge in [-0.05, 0) is 18.6 Å². The normalized spacial score (nSPS) is 11.1. The van der Waals surface area contributed by atoms with Gasteiger partial charge in [0.25, 0.3) is 0 Å². The number of nitrogens with zero attached hydrogens (tertiary/aromatic N) is 3. The molecule has 0 amide bonds. The Bertz CT molecular complexity index is 507. The Labute approximate surface area is 107 Å². The largest absolute Gasteiger partial charge is 0.339 e. The van der Waals surface area contributed by atoms with Crippen molar-refractivity contribution in [3.05, 3.63) is 29.9 Å². The average molecular weight is 246 g/mol. The first-order valence-corrected chi connectivity index (χ1v) is 6.14. The standard InChI is InChI=1S/C13H18N4O/c1-9(2)15-7-5-12-16-13(17-18-12)11-8-14-6-4-10(11)3/h4,6,8-9,15H,5,7H2,1-3H3. The van der Waals surface area contributed by atoms with Crippen LogP contribution in [0.3, 0.4) is 0 Å². The lowest BCUT2D eigenvalue weighted by molar-refractivity contribution is 0.374. The van der Waals surface area contributed by atoms with Crippen molar-refractivity contribution in [2.24, 2.45) is 0 Å². The van der Waals surface area contributed by atoms with Gasteiger partial charge >= 0.3 is 0 Å². The molecule has 0 aliphatic heterocycles. The summed E-state index contributed by atoms with van der Waals surface area (Å²) in [4.78, 5) is 8.46. The predicted octanol–water partition coefficient (Wildman–Crippen LogP) is 1.98. The number of aromatic nitrogens is 3. The van der Waals surface area contributed by atoms with E-state index in [2.05, 4.69) is 34.3 Å². The van der Waals surface area contributed by atoms with Crippen LogP contribution in [0.1, 0.15) is 25.3 Å². The molecule has 0 fully saturated rings. The molecule has 2 heterocycles. The van der Waals surface area contributed by atoms with Gasteiger partial charge in [0.1, 0.15) is 0 Å². The van der Waals surface area contributed by atoms with E-state index in [-0.39, 0.29) is 0 Å². The monoisotopic (exact) mass is 246 g/mol. The number of nitrogens with one attached hydrogen (secondary N) is 1. The van der Waals surface area contributed by atoms with Gasteiger partial charge in [0.2, 0.25) is 11.7 Å². The molecule has 2 rings (SSSR count). The maximum atomic E-state index is 5.23. The summed E-state index contributed by atoms with van der Waals surface area (Å²) >= 11 is 0. The zero-order chi connectivity index (χ0) is 13.0. The summed E-state index contributed by atoms with van der Waals surface area (Å²) in [6.07, 6.45) is 4.26. The van der Waals surface area contributed by atoms with E-state index in [1.54, 1.807) is 12.4 Å². The lowest BCUT2D eigenvalue weighted by Gasteiger charge is -2.04. The van der Waals surface area contributed by atoms with Gasteiger partial charge < -0.3 is 9.84 Å². The maximum absolute atomic E-state index is 5.23. The molecule has 2 aromatic heterocycles. The second-order valence-electron chi connectivity index (χ2n) is 4.56. The van der Waals surface area contributed by atoms with E-state index in [1.807, 2.05) is 13.0 Å². The molecule has 0 saturated heterocycles. The first kappa shape index (κ1) is 12.7. The fourth-order valence-corrected chi connectivity index (χ4v) is 1.63. The summed E-state index contributed by atoms with van der Waals surface area (Å²) in [7, 11) is 0. The fourth-order valence-electron chi connectivity index (χ4n) is 1.63. The fraction of sp³-hybridized carbons (Fsp3) is 0.462. The van der Waals surface area contributed by atoms with E-state index in [1.165, 1.54) is 0 Å². The first-order valence-electron chi connectivity index (χ1n) is 6.14. The molecule has 5 nitrogen and oxygen atoms in total. The van der Waals surface area contributed by atoms with E-state index < -0.39 is 0 Å². The summed E-state index contributed by atoms with van der Waals surface area (Å²) in [5, 5.41) is 7.31. The van der Waals surface area contributed by atoms with Crippen LogP contribution in [0.15, 0.2) is 23.0 Å². The minimum Gasteiger partial charge on any atom is -0.339 e. The molecule has 0 radical (unpaired) electrons. The molecule has 0 unspecified atom stereocenters. The zero-order valence-electron chi connectivity index (χ0n) is 11.0. The summed E-state index contributed by atoms with van der Waals surface area (Å²) in [6, 6.07) is 2.40. The Morgan fingerprint density at radius 3 is 2.94 bits per heavy atom. The number of pyridine rings is 1. The van der Waals surface area contributed by atoms with Crippen molar-refractivity contribution >= 4 is 0 Å². The van der Waals surface area contributed by atoms with E-state index in [4.69, 9.17) is 4.52 Å². The molecular weight excluding hydrogens is 228 g/mol. The first-order chi connectivity index (χ1) is 8.66. The molecule has 5 heteroatoms. The van der Waals surface area contributed by atoms with Crippen molar-refractivity contribution in [3.8, 4) is 11.4 Å². The highest BCUT2D eigenvalue weighted by molar-refractivity contribution is 5.57. The lowest BCUT2D eigenvalue weighted by Crippen LogP contribution is -2.25. The van der Waals surface area contributed by atoms with Gasteiger partial charge in [0, 0.05) is 37.0 Å². The smallest absolute Gasteiger partial charge is 0.228 e. The average Bonchev–Trinajstić information content (AvgIpc) is 2.78. The van der Waals surface area contributed by atoms with Crippen molar-refractivity contribution in [3.63, 3.8) is 0 Å². The van der Waals surface area contributed by atoms with Gasteiger partial charge in [-0.25, -0.2) is 0 Å². The molecule has 0 atom stereocenters. The SMILES string of the molecule is Cc1ccncc1-c1noc(CCNC(C)C)n1. The lowest BCUT2D eigenvalue weighted by atomic mass is 10.1. The number of hydrogen-bond donors (Lipinski definition) is 1. The minimum absolute atomic E-state index is 0.466.